The minimum absolute atomic E-state index is 0.192. The van der Waals surface area contributed by atoms with E-state index in [9.17, 15) is 0 Å². The molecule has 2 aromatic heterocycles. The lowest BCUT2D eigenvalue weighted by molar-refractivity contribution is 0.264. The van der Waals surface area contributed by atoms with Gasteiger partial charge in [-0.15, -0.1) is 0 Å². The molecule has 37 heavy (non-hydrogen) atoms. The van der Waals surface area contributed by atoms with Gasteiger partial charge in [0, 0.05) is 41.0 Å². The Kier molecular flexibility index (Phi) is 7.23. The van der Waals surface area contributed by atoms with Crippen LogP contribution < -0.4 is 9.64 Å². The Labute approximate surface area is 222 Å². The lowest BCUT2D eigenvalue weighted by Crippen LogP contribution is -2.41. The number of nitrogens with one attached hydrogen (secondary N) is 1. The van der Waals surface area contributed by atoms with Crippen LogP contribution in [0.25, 0.3) is 32.9 Å². The van der Waals surface area contributed by atoms with E-state index in [4.69, 9.17) is 21.3 Å². The van der Waals surface area contributed by atoms with E-state index in [1.807, 2.05) is 39.2 Å². The summed E-state index contributed by atoms with van der Waals surface area (Å²) in [5.41, 5.74) is 2.98. The zero-order valence-electron chi connectivity index (χ0n) is 22.1. The van der Waals surface area contributed by atoms with Gasteiger partial charge in [-0.05, 0) is 70.8 Å². The van der Waals surface area contributed by atoms with Crippen molar-refractivity contribution in [1.82, 2.24) is 25.1 Å². The summed E-state index contributed by atoms with van der Waals surface area (Å²) in [7, 11) is 4.04. The largest absolute Gasteiger partial charge is 0.463 e. The molecule has 1 N–H and O–H groups in total. The fourth-order valence-corrected chi connectivity index (χ4v) is 5.55. The fourth-order valence-electron chi connectivity index (χ4n) is 5.26. The molecule has 0 bridgehead atoms. The number of aryl methyl sites for hydroxylation is 1. The summed E-state index contributed by atoms with van der Waals surface area (Å²) in [5, 5.41) is 8.87. The Balaban J connectivity index is 1.69. The van der Waals surface area contributed by atoms with Crippen LogP contribution >= 0.6 is 11.6 Å². The van der Waals surface area contributed by atoms with Crippen LogP contribution in [0, 0.1) is 18.7 Å². The molecule has 1 aliphatic heterocycles. The molecule has 0 amide bonds. The van der Waals surface area contributed by atoms with Crippen molar-refractivity contribution in [3.8, 4) is 17.1 Å². The monoisotopic (exact) mass is 524 g/mol. The van der Waals surface area contributed by atoms with Gasteiger partial charge in [-0.2, -0.15) is 15.1 Å². The number of hydrogen-bond acceptors (Lipinski definition) is 6. The number of benzene rings is 2. The first-order valence-electron chi connectivity index (χ1n) is 12.9. The van der Waals surface area contributed by atoms with Crippen molar-refractivity contribution >= 4 is 39.2 Å². The van der Waals surface area contributed by atoms with Gasteiger partial charge < -0.3 is 14.5 Å². The predicted octanol–water partition coefficient (Wildman–Crippen LogP) is 6.23. The number of piperidine rings is 1. The first-order valence-corrected chi connectivity index (χ1v) is 13.3. The van der Waals surface area contributed by atoms with Crippen molar-refractivity contribution in [3.63, 3.8) is 0 Å². The van der Waals surface area contributed by atoms with E-state index in [1.54, 1.807) is 6.20 Å². The molecule has 0 radical (unpaired) electrons. The molecular formula is C28H34ClFN6O. The van der Waals surface area contributed by atoms with E-state index in [0.29, 0.717) is 39.9 Å². The minimum atomic E-state index is -0.473. The third-order valence-electron chi connectivity index (χ3n) is 7.30. The Morgan fingerprint density at radius 1 is 1.16 bits per heavy atom. The van der Waals surface area contributed by atoms with Gasteiger partial charge in [-0.3, -0.25) is 5.10 Å². The summed E-state index contributed by atoms with van der Waals surface area (Å²) in [6.07, 6.45) is 4.72. The molecule has 0 aliphatic carbocycles. The fraction of sp³-hybridized carbons (Fsp3) is 0.464. The maximum atomic E-state index is 16.5. The zero-order chi connectivity index (χ0) is 26.3. The predicted molar refractivity (Wildman–Crippen MR) is 148 cm³/mol. The molecule has 9 heteroatoms. The highest BCUT2D eigenvalue weighted by Gasteiger charge is 2.29. The number of nitrogens with zero attached hydrogens (tertiary/aromatic N) is 5. The van der Waals surface area contributed by atoms with Crippen LogP contribution in [0.2, 0.25) is 5.02 Å². The second-order valence-corrected chi connectivity index (χ2v) is 11.0. The lowest BCUT2D eigenvalue weighted by Gasteiger charge is -2.38. The third kappa shape index (κ3) is 4.97. The van der Waals surface area contributed by atoms with Crippen LogP contribution in [0.1, 0.15) is 38.7 Å². The summed E-state index contributed by atoms with van der Waals surface area (Å²) in [5.74, 6) is 0.711. The molecule has 0 spiro atoms. The summed E-state index contributed by atoms with van der Waals surface area (Å²) in [4.78, 5) is 13.7. The normalized spacial score (nSPS) is 18.3. The summed E-state index contributed by atoms with van der Waals surface area (Å²) < 4.78 is 22.5. The van der Waals surface area contributed by atoms with E-state index >= 15 is 4.39 Å². The Bertz CT molecular complexity index is 1440. The molecule has 7 nitrogen and oxygen atoms in total. The number of aromatic amines is 1. The highest BCUT2D eigenvalue weighted by Crippen LogP contribution is 2.43. The van der Waals surface area contributed by atoms with Crippen LogP contribution in [-0.4, -0.2) is 64.9 Å². The van der Waals surface area contributed by atoms with Gasteiger partial charge in [0.15, 0.2) is 5.82 Å². The molecule has 196 valence electrons. The zero-order valence-corrected chi connectivity index (χ0v) is 22.9. The maximum Gasteiger partial charge on any atom is 0.319 e. The van der Waals surface area contributed by atoms with Gasteiger partial charge in [0.1, 0.15) is 11.3 Å². The second-order valence-electron chi connectivity index (χ2n) is 10.6. The number of H-pyrrole nitrogens is 1. The van der Waals surface area contributed by atoms with Crippen LogP contribution in [-0.2, 0) is 0 Å². The number of anilines is 1. The van der Waals surface area contributed by atoms with E-state index < -0.39 is 5.82 Å². The first kappa shape index (κ1) is 25.7. The summed E-state index contributed by atoms with van der Waals surface area (Å²) >= 11 is 6.85. The molecule has 1 aliphatic rings. The quantitative estimate of drug-likeness (QED) is 0.289. The van der Waals surface area contributed by atoms with E-state index in [-0.39, 0.29) is 17.6 Å². The van der Waals surface area contributed by atoms with Crippen LogP contribution in [0.3, 0.4) is 0 Å². The number of hydrogen-bond donors (Lipinski definition) is 1. The van der Waals surface area contributed by atoms with Crippen molar-refractivity contribution in [2.24, 2.45) is 5.92 Å². The van der Waals surface area contributed by atoms with Gasteiger partial charge in [0.05, 0.1) is 23.3 Å². The summed E-state index contributed by atoms with van der Waals surface area (Å²) in [6, 6.07) is 6.14. The van der Waals surface area contributed by atoms with Gasteiger partial charge in [-0.1, -0.05) is 24.6 Å². The Hall–Kier alpha value is -2.97. The average Bonchev–Trinajstić information content (AvgIpc) is 3.33. The van der Waals surface area contributed by atoms with Gasteiger partial charge in [0.2, 0.25) is 0 Å². The number of rotatable bonds is 7. The minimum Gasteiger partial charge on any atom is -0.463 e. The van der Waals surface area contributed by atoms with E-state index in [0.717, 1.165) is 48.8 Å². The van der Waals surface area contributed by atoms with E-state index in [2.05, 4.69) is 38.8 Å². The number of ether oxygens (including phenoxy) is 1. The van der Waals surface area contributed by atoms with Crippen LogP contribution in [0.4, 0.5) is 10.2 Å². The van der Waals surface area contributed by atoms with E-state index in [1.165, 1.54) is 0 Å². The smallest absolute Gasteiger partial charge is 0.319 e. The standard InChI is InChI=1S/C28H34ClFN6O/c1-16-7-9-18(3)36(15-16)27-19-13-21(29)24(23-17(2)8-10-22-20(23)14-31-34-22)25(30)26(19)32-28(33-27)37-12-6-11-35(4)5/h8,10,13-14,16,18H,6-7,9,11-12,15H2,1-5H3,(H,31,34)/t16-,18-/m0/s1. The molecule has 4 aromatic rings. The van der Waals surface area contributed by atoms with Gasteiger partial charge in [0.25, 0.3) is 0 Å². The first-order chi connectivity index (χ1) is 17.7. The maximum absolute atomic E-state index is 16.5. The Morgan fingerprint density at radius 3 is 2.76 bits per heavy atom. The highest BCUT2D eigenvalue weighted by atomic mass is 35.5. The second kappa shape index (κ2) is 10.4. The van der Waals surface area contributed by atoms with Crippen molar-refractivity contribution < 1.29 is 9.13 Å². The SMILES string of the molecule is Cc1ccc2[nH]ncc2c1-c1c(Cl)cc2c(N3C[C@@H](C)CC[C@@H]3C)nc(OCCCN(C)C)nc2c1F. The average molecular weight is 525 g/mol. The third-order valence-corrected chi connectivity index (χ3v) is 7.59. The molecule has 1 fully saturated rings. The number of aromatic nitrogens is 4. The Morgan fingerprint density at radius 2 is 1.97 bits per heavy atom. The molecule has 2 aromatic carbocycles. The number of fused-ring (bicyclic) bond motifs is 2. The summed E-state index contributed by atoms with van der Waals surface area (Å²) in [6.45, 7) is 8.53. The van der Waals surface area contributed by atoms with Crippen molar-refractivity contribution in [1.29, 1.82) is 0 Å². The molecule has 3 heterocycles. The molecular weight excluding hydrogens is 491 g/mol. The lowest BCUT2D eigenvalue weighted by atomic mass is 9.93. The molecule has 5 rings (SSSR count). The molecule has 0 saturated carbocycles. The topological polar surface area (TPSA) is 70.2 Å². The van der Waals surface area contributed by atoms with Crippen molar-refractivity contribution in [3.05, 3.63) is 40.8 Å². The number of halogens is 2. The van der Waals surface area contributed by atoms with Gasteiger partial charge >= 0.3 is 6.01 Å². The van der Waals surface area contributed by atoms with Crippen LogP contribution in [0.5, 0.6) is 6.01 Å². The van der Waals surface area contributed by atoms with Crippen molar-refractivity contribution in [2.75, 3.05) is 38.7 Å². The van der Waals surface area contributed by atoms with Gasteiger partial charge in [-0.25, -0.2) is 4.39 Å². The highest BCUT2D eigenvalue weighted by molar-refractivity contribution is 6.35. The van der Waals surface area contributed by atoms with Crippen molar-refractivity contribution in [2.45, 2.75) is 46.1 Å². The molecule has 2 atom stereocenters. The molecule has 0 unspecified atom stereocenters. The van der Waals surface area contributed by atoms with Crippen LogP contribution in [0.15, 0.2) is 24.4 Å². The molecule has 1 saturated heterocycles.